The van der Waals surface area contributed by atoms with Crippen molar-refractivity contribution >= 4 is 57.1 Å². The molecule has 2 aliphatic carbocycles. The van der Waals surface area contributed by atoms with Crippen molar-refractivity contribution in [3.8, 4) is 17.0 Å². The number of hydrogen-bond donors (Lipinski definition) is 1. The number of methoxy groups -OCH3 is 1. The third-order valence-electron chi connectivity index (χ3n) is 8.32. The Hall–Kier alpha value is -2.79. The van der Waals surface area contributed by atoms with E-state index in [1.807, 2.05) is 45.4 Å². The Labute approximate surface area is 281 Å². The van der Waals surface area contributed by atoms with E-state index in [4.69, 9.17) is 9.47 Å². The van der Waals surface area contributed by atoms with Crippen LogP contribution in [-0.4, -0.2) is 73.8 Å². The Morgan fingerprint density at radius 3 is 2.00 bits per heavy atom. The number of pyridine rings is 1. The average Bonchev–Trinajstić information content (AvgIpc) is 2.84. The molecular weight excluding hydrogens is 591 g/mol. The third-order valence-corrected chi connectivity index (χ3v) is 8.88. The number of ether oxygens (including phenoxy) is 2. The molecular formula is C33H39N2NaO7S. The molecule has 1 N–H and O–H groups in total. The van der Waals surface area contributed by atoms with Gasteiger partial charge in [-0.3, -0.25) is 14.4 Å². The average molecular weight is 631 g/mol. The molecule has 0 atom stereocenters. The van der Waals surface area contributed by atoms with Gasteiger partial charge in [0.05, 0.1) is 25.0 Å². The van der Waals surface area contributed by atoms with Gasteiger partial charge in [0.1, 0.15) is 23.0 Å². The van der Waals surface area contributed by atoms with Crippen molar-refractivity contribution < 1.29 is 32.3 Å². The van der Waals surface area contributed by atoms with Crippen LogP contribution >= 0.6 is 0 Å². The molecule has 1 aromatic heterocycles. The number of carbonyl (C=O) groups excluding carboxylic acids is 3. The topological polar surface area (TPSA) is 129 Å². The zero-order valence-corrected chi connectivity index (χ0v) is 26.7. The summed E-state index contributed by atoms with van der Waals surface area (Å²) in [5.74, 6) is 0.107. The van der Waals surface area contributed by atoms with Crippen LogP contribution in [0.5, 0.6) is 5.75 Å². The number of hydrogen-bond acceptors (Lipinski definition) is 8. The predicted octanol–water partition coefficient (Wildman–Crippen LogP) is 4.82. The van der Waals surface area contributed by atoms with Crippen LogP contribution in [0.25, 0.3) is 11.3 Å². The van der Waals surface area contributed by atoms with Gasteiger partial charge in [0.25, 0.3) is 5.91 Å². The summed E-state index contributed by atoms with van der Waals surface area (Å²) in [5, 5.41) is 0. The van der Waals surface area contributed by atoms with Crippen LogP contribution in [0.3, 0.4) is 0 Å². The second-order valence-corrected chi connectivity index (χ2v) is 15.3. The van der Waals surface area contributed by atoms with Crippen molar-refractivity contribution in [2.75, 3.05) is 13.4 Å². The first-order chi connectivity index (χ1) is 19.9. The van der Waals surface area contributed by atoms with Gasteiger partial charge in [0.15, 0.2) is 11.6 Å². The van der Waals surface area contributed by atoms with Crippen LogP contribution in [0.1, 0.15) is 86.5 Å². The summed E-state index contributed by atoms with van der Waals surface area (Å²) in [4.78, 5) is 45.0. The maximum absolute atomic E-state index is 13.9. The molecule has 2 aromatic rings. The molecule has 0 radical (unpaired) electrons. The van der Waals surface area contributed by atoms with Crippen LogP contribution in [0.2, 0.25) is 0 Å². The molecule has 230 valence electrons. The van der Waals surface area contributed by atoms with Gasteiger partial charge in [-0.1, -0.05) is 27.7 Å². The van der Waals surface area contributed by atoms with Crippen LogP contribution < -0.4 is 9.46 Å². The van der Waals surface area contributed by atoms with Crippen LogP contribution in [0.15, 0.2) is 46.9 Å². The summed E-state index contributed by atoms with van der Waals surface area (Å²) in [6.07, 6.45) is 2.69. The number of rotatable bonds is 5. The second-order valence-electron chi connectivity index (χ2n) is 13.6. The standard InChI is InChI=1S/C33H38N2O7S.Na.H/c1-17-11-20(34-21(12-17)31(38)35-43(8,39)40)19-9-10-24(41-7)27(18(19)2)30-28-22(36)13-32(3,4)15-25(28)42-26-16-33(5,6)14-23(37)29(26)30;;/h9-12,30H,13-16H2,1-8H3,(H,35,38);;. The molecule has 1 aromatic carbocycles. The summed E-state index contributed by atoms with van der Waals surface area (Å²) in [5.41, 5.74) is 3.58. The second kappa shape index (κ2) is 11.9. The van der Waals surface area contributed by atoms with E-state index in [0.29, 0.717) is 76.5 Å². The van der Waals surface area contributed by atoms with Gasteiger partial charge in [0.2, 0.25) is 10.0 Å². The van der Waals surface area contributed by atoms with E-state index in [9.17, 15) is 22.8 Å². The first-order valence-corrected chi connectivity index (χ1v) is 16.2. The Morgan fingerprint density at radius 2 is 1.50 bits per heavy atom. The fourth-order valence-corrected chi connectivity index (χ4v) is 7.06. The number of Topliss-reactive ketones (excluding diaryl/α,β-unsaturated/α-hetero) is 2. The van der Waals surface area contributed by atoms with Gasteiger partial charge >= 0.3 is 29.6 Å². The van der Waals surface area contributed by atoms with Gasteiger partial charge in [-0.25, -0.2) is 18.1 Å². The summed E-state index contributed by atoms with van der Waals surface area (Å²) < 4.78 is 37.7. The van der Waals surface area contributed by atoms with Crippen molar-refractivity contribution in [1.29, 1.82) is 0 Å². The molecule has 9 nitrogen and oxygen atoms in total. The van der Waals surface area contributed by atoms with Crippen LogP contribution in [0, 0.1) is 24.7 Å². The molecule has 3 aliphatic rings. The fourth-order valence-electron chi connectivity index (χ4n) is 6.62. The summed E-state index contributed by atoms with van der Waals surface area (Å²) >= 11 is 0. The summed E-state index contributed by atoms with van der Waals surface area (Å²) in [6.45, 7) is 11.8. The Balaban J connectivity index is 0.00000442. The third kappa shape index (κ3) is 6.59. The number of amides is 1. The molecule has 2 heterocycles. The van der Waals surface area contributed by atoms with Crippen molar-refractivity contribution in [1.82, 2.24) is 9.71 Å². The number of sulfonamides is 1. The Kier molecular flexibility index (Phi) is 9.19. The number of nitrogens with zero attached hydrogens (tertiary/aromatic N) is 1. The van der Waals surface area contributed by atoms with E-state index in [2.05, 4.69) is 4.98 Å². The minimum atomic E-state index is -3.79. The number of benzene rings is 1. The van der Waals surface area contributed by atoms with E-state index in [1.165, 1.54) is 6.07 Å². The first kappa shape index (κ1) is 34.1. The SMILES string of the molecule is COc1ccc(-c2cc(C)cc(C(=O)NS(C)(=O)=O)n2)c(C)c1C1C2=C(CC(C)(C)CC2=O)OC2=C1C(=O)CC(C)(C)C2.[NaH]. The van der Waals surface area contributed by atoms with E-state index >= 15 is 0 Å². The number of aromatic nitrogens is 1. The van der Waals surface area contributed by atoms with Crippen LogP contribution in [-0.2, 0) is 24.3 Å². The van der Waals surface area contributed by atoms with Gasteiger partial charge < -0.3 is 9.47 Å². The summed E-state index contributed by atoms with van der Waals surface area (Å²) in [6, 6.07) is 6.92. The number of nitrogens with one attached hydrogen (secondary N) is 1. The summed E-state index contributed by atoms with van der Waals surface area (Å²) in [7, 11) is -2.24. The number of allylic oxidation sites excluding steroid dienone is 4. The van der Waals surface area contributed by atoms with Crippen molar-refractivity contribution in [2.45, 2.75) is 73.1 Å². The maximum atomic E-state index is 13.9. The molecule has 0 unspecified atom stereocenters. The predicted molar refractivity (Wildman–Crippen MR) is 169 cm³/mol. The van der Waals surface area contributed by atoms with Gasteiger partial charge in [-0.15, -0.1) is 0 Å². The normalized spacial score (nSPS) is 19.5. The van der Waals surface area contributed by atoms with E-state index in [0.717, 1.165) is 11.8 Å². The van der Waals surface area contributed by atoms with Crippen molar-refractivity contribution in [2.24, 2.45) is 10.8 Å². The van der Waals surface area contributed by atoms with Crippen molar-refractivity contribution in [3.05, 3.63) is 69.3 Å². The molecule has 0 fully saturated rings. The number of ketones is 2. The molecule has 0 saturated carbocycles. The van der Waals surface area contributed by atoms with Gasteiger partial charge in [-0.2, -0.15) is 0 Å². The molecule has 0 spiro atoms. The number of aryl methyl sites for hydroxylation is 1. The number of carbonyl (C=O) groups is 3. The zero-order valence-electron chi connectivity index (χ0n) is 25.9. The van der Waals surface area contributed by atoms with Gasteiger partial charge in [-0.05, 0) is 60.1 Å². The fraction of sp³-hybridized carbons (Fsp3) is 0.455. The Bertz CT molecular complexity index is 1720. The first-order valence-electron chi connectivity index (χ1n) is 14.3. The molecule has 5 rings (SSSR count). The molecule has 44 heavy (non-hydrogen) atoms. The molecule has 0 saturated heterocycles. The molecule has 11 heteroatoms. The minimum absolute atomic E-state index is 0. The van der Waals surface area contributed by atoms with Gasteiger partial charge in [0, 0.05) is 48.0 Å². The van der Waals surface area contributed by atoms with Crippen LogP contribution in [0.4, 0.5) is 0 Å². The quantitative estimate of drug-likeness (QED) is 0.466. The zero-order chi connectivity index (χ0) is 31.6. The van der Waals surface area contributed by atoms with Crippen molar-refractivity contribution in [3.63, 3.8) is 0 Å². The molecule has 1 aliphatic heterocycles. The molecule has 0 bridgehead atoms. The van der Waals surface area contributed by atoms with E-state index in [1.54, 1.807) is 26.2 Å². The monoisotopic (exact) mass is 630 g/mol. The van der Waals surface area contributed by atoms with E-state index in [-0.39, 0.29) is 57.6 Å². The molecule has 1 amide bonds. The van der Waals surface area contributed by atoms with E-state index < -0.39 is 21.8 Å². The Morgan fingerprint density at radius 1 is 0.955 bits per heavy atom.